The number of hydrogen-bond donors (Lipinski definition) is 0. The highest BCUT2D eigenvalue weighted by molar-refractivity contribution is 5.67. The Kier molecular flexibility index (Phi) is 1.85. The summed E-state index contributed by atoms with van der Waals surface area (Å²) in [7, 11) is 0. The zero-order valence-corrected chi connectivity index (χ0v) is 10.4. The van der Waals surface area contributed by atoms with Gasteiger partial charge in [0.2, 0.25) is 0 Å². The molecule has 1 heterocycles. The third-order valence-corrected chi connectivity index (χ3v) is 4.78. The Morgan fingerprint density at radius 1 is 1.39 bits per heavy atom. The minimum Gasteiger partial charge on any atom is -0.459 e. The van der Waals surface area contributed by atoms with Crippen molar-refractivity contribution >= 4 is 5.97 Å². The Bertz CT molecular complexity index is 538. The van der Waals surface area contributed by atoms with E-state index in [2.05, 4.69) is 24.3 Å². The van der Waals surface area contributed by atoms with Gasteiger partial charge in [-0.15, -0.1) is 0 Å². The van der Waals surface area contributed by atoms with Gasteiger partial charge in [-0.25, -0.2) is 0 Å². The lowest BCUT2D eigenvalue weighted by Gasteiger charge is -2.26. The number of epoxide rings is 1. The average molecular weight is 244 g/mol. The predicted molar refractivity (Wildman–Crippen MR) is 65.0 cm³/mol. The van der Waals surface area contributed by atoms with Crippen molar-refractivity contribution in [1.82, 2.24) is 0 Å². The van der Waals surface area contributed by atoms with Crippen molar-refractivity contribution in [3.63, 3.8) is 0 Å². The quantitative estimate of drug-likeness (QED) is 0.562. The number of ether oxygens (including phenoxy) is 2. The highest BCUT2D eigenvalue weighted by Gasteiger charge is 2.79. The smallest absolute Gasteiger partial charge is 0.303 e. The average Bonchev–Trinajstić information content (AvgIpc) is 2.97. The standard InChI is InChI=1S/C15H16O3/c1-10(16)17-13-7-9-14-8-6-11-4-2-3-5-12(11)15(13,14)18-14/h2-5,13H,6-9H2,1H3/t13-,14-,15+/m0/s1. The molecular formula is C15H16O3. The van der Waals surface area contributed by atoms with E-state index in [4.69, 9.17) is 9.47 Å². The van der Waals surface area contributed by atoms with Crippen LogP contribution in [0.4, 0.5) is 0 Å². The van der Waals surface area contributed by atoms with E-state index < -0.39 is 0 Å². The Labute approximate surface area is 106 Å². The largest absolute Gasteiger partial charge is 0.459 e. The first-order chi connectivity index (χ1) is 8.68. The maximum atomic E-state index is 11.3. The number of carbonyl (C=O) groups is 1. The second-order valence-electron chi connectivity index (χ2n) is 5.63. The van der Waals surface area contributed by atoms with Crippen molar-refractivity contribution in [2.75, 3.05) is 0 Å². The number of rotatable bonds is 1. The number of fused-ring (bicyclic) bond motifs is 1. The van der Waals surface area contributed by atoms with Crippen LogP contribution in [0.5, 0.6) is 0 Å². The molecule has 0 amide bonds. The molecule has 2 aliphatic carbocycles. The van der Waals surface area contributed by atoms with Crippen LogP contribution in [0.25, 0.3) is 0 Å². The molecule has 1 aromatic rings. The van der Waals surface area contributed by atoms with Gasteiger partial charge in [0.05, 0.1) is 0 Å². The van der Waals surface area contributed by atoms with E-state index in [0.717, 1.165) is 25.7 Å². The Morgan fingerprint density at radius 2 is 2.22 bits per heavy atom. The minimum absolute atomic E-state index is 0.0402. The van der Waals surface area contributed by atoms with Gasteiger partial charge in [-0.2, -0.15) is 0 Å². The zero-order valence-electron chi connectivity index (χ0n) is 10.4. The lowest BCUT2D eigenvalue weighted by Crippen LogP contribution is -2.35. The molecule has 3 aliphatic rings. The molecule has 0 aromatic heterocycles. The minimum atomic E-state index is -0.326. The van der Waals surface area contributed by atoms with Gasteiger partial charge < -0.3 is 9.47 Å². The van der Waals surface area contributed by atoms with Crippen molar-refractivity contribution in [3.05, 3.63) is 35.4 Å². The highest BCUT2D eigenvalue weighted by atomic mass is 16.7. The molecule has 0 N–H and O–H groups in total. The van der Waals surface area contributed by atoms with Gasteiger partial charge in [0, 0.05) is 6.92 Å². The van der Waals surface area contributed by atoms with E-state index in [9.17, 15) is 4.79 Å². The summed E-state index contributed by atoms with van der Waals surface area (Å²) in [5, 5.41) is 0. The van der Waals surface area contributed by atoms with Gasteiger partial charge >= 0.3 is 5.97 Å². The Morgan fingerprint density at radius 3 is 3.06 bits per heavy atom. The van der Waals surface area contributed by atoms with Crippen molar-refractivity contribution in [3.8, 4) is 0 Å². The van der Waals surface area contributed by atoms with Crippen LogP contribution in [0.15, 0.2) is 24.3 Å². The molecule has 4 rings (SSSR count). The van der Waals surface area contributed by atoms with Gasteiger partial charge in [0.1, 0.15) is 11.7 Å². The van der Waals surface area contributed by atoms with Crippen LogP contribution < -0.4 is 0 Å². The van der Waals surface area contributed by atoms with E-state index >= 15 is 0 Å². The van der Waals surface area contributed by atoms with Crippen molar-refractivity contribution < 1.29 is 14.3 Å². The molecule has 1 aromatic carbocycles. The maximum absolute atomic E-state index is 11.3. The molecule has 1 aliphatic heterocycles. The Balaban J connectivity index is 1.82. The van der Waals surface area contributed by atoms with Crippen LogP contribution in [0, 0.1) is 0 Å². The number of carbonyl (C=O) groups excluding carboxylic acids is 1. The molecule has 0 spiro atoms. The van der Waals surface area contributed by atoms with E-state index in [0.29, 0.717) is 0 Å². The maximum Gasteiger partial charge on any atom is 0.303 e. The molecule has 94 valence electrons. The lowest BCUT2D eigenvalue weighted by molar-refractivity contribution is -0.150. The summed E-state index contributed by atoms with van der Waals surface area (Å²) >= 11 is 0. The fourth-order valence-corrected chi connectivity index (χ4v) is 4.06. The van der Waals surface area contributed by atoms with Gasteiger partial charge in [-0.05, 0) is 36.8 Å². The van der Waals surface area contributed by atoms with Crippen LogP contribution in [0.3, 0.4) is 0 Å². The fourth-order valence-electron chi connectivity index (χ4n) is 4.06. The van der Waals surface area contributed by atoms with Gasteiger partial charge in [-0.1, -0.05) is 24.3 Å². The fraction of sp³-hybridized carbons (Fsp3) is 0.533. The molecule has 0 radical (unpaired) electrons. The lowest BCUT2D eigenvalue weighted by atomic mass is 9.76. The van der Waals surface area contributed by atoms with Crippen molar-refractivity contribution in [2.45, 2.75) is 49.9 Å². The third kappa shape index (κ3) is 1.06. The van der Waals surface area contributed by atoms with Gasteiger partial charge in [-0.3, -0.25) is 4.79 Å². The number of benzene rings is 1. The van der Waals surface area contributed by atoms with Crippen LogP contribution >= 0.6 is 0 Å². The van der Waals surface area contributed by atoms with E-state index in [-0.39, 0.29) is 23.3 Å². The second-order valence-corrected chi connectivity index (χ2v) is 5.63. The first-order valence-corrected chi connectivity index (χ1v) is 6.64. The molecule has 2 fully saturated rings. The van der Waals surface area contributed by atoms with E-state index in [1.54, 1.807) is 0 Å². The molecular weight excluding hydrogens is 228 g/mol. The monoisotopic (exact) mass is 244 g/mol. The molecule has 3 heteroatoms. The molecule has 1 saturated heterocycles. The second kappa shape index (κ2) is 3.15. The zero-order chi connectivity index (χ0) is 12.4. The third-order valence-electron chi connectivity index (χ3n) is 4.78. The summed E-state index contributed by atoms with van der Waals surface area (Å²) in [6.45, 7) is 1.48. The predicted octanol–water partition coefficient (Wildman–Crippen LogP) is 2.32. The first kappa shape index (κ1) is 10.6. The number of aryl methyl sites for hydroxylation is 1. The first-order valence-electron chi connectivity index (χ1n) is 6.64. The van der Waals surface area contributed by atoms with Gasteiger partial charge in [0.25, 0.3) is 0 Å². The highest BCUT2D eigenvalue weighted by Crippen LogP contribution is 2.70. The molecule has 0 unspecified atom stereocenters. The van der Waals surface area contributed by atoms with E-state index in [1.165, 1.54) is 18.1 Å². The topological polar surface area (TPSA) is 38.8 Å². The summed E-state index contributed by atoms with van der Waals surface area (Å²) in [6.07, 6.45) is 3.97. The molecule has 3 atom stereocenters. The van der Waals surface area contributed by atoms with Crippen LogP contribution in [-0.2, 0) is 26.3 Å². The Hall–Kier alpha value is -1.35. The summed E-state index contributed by atoms with van der Waals surface area (Å²) < 4.78 is 11.7. The van der Waals surface area contributed by atoms with Crippen LogP contribution in [-0.4, -0.2) is 17.7 Å². The number of hydrogen-bond acceptors (Lipinski definition) is 3. The summed E-state index contributed by atoms with van der Waals surface area (Å²) in [6, 6.07) is 8.42. The normalized spacial score (nSPS) is 39.5. The van der Waals surface area contributed by atoms with Gasteiger partial charge in [0.15, 0.2) is 5.60 Å². The van der Waals surface area contributed by atoms with Crippen molar-refractivity contribution in [1.29, 1.82) is 0 Å². The summed E-state index contributed by atoms with van der Waals surface area (Å²) in [5.41, 5.74) is 2.24. The summed E-state index contributed by atoms with van der Waals surface area (Å²) in [4.78, 5) is 11.3. The molecule has 18 heavy (non-hydrogen) atoms. The van der Waals surface area contributed by atoms with E-state index in [1.807, 2.05) is 0 Å². The van der Waals surface area contributed by atoms with Crippen LogP contribution in [0.2, 0.25) is 0 Å². The SMILES string of the molecule is CC(=O)O[C@H]1CC[C@@]23CCc4ccccc4[C@@]12O3. The number of esters is 1. The molecule has 1 saturated carbocycles. The van der Waals surface area contributed by atoms with Crippen molar-refractivity contribution in [2.24, 2.45) is 0 Å². The summed E-state index contributed by atoms with van der Waals surface area (Å²) in [5.74, 6) is -0.205. The molecule has 3 nitrogen and oxygen atoms in total. The molecule has 0 bridgehead atoms. The van der Waals surface area contributed by atoms with Crippen LogP contribution in [0.1, 0.15) is 37.3 Å².